The van der Waals surface area contributed by atoms with Crippen LogP contribution in [-0.2, 0) is 31.6 Å². The van der Waals surface area contributed by atoms with E-state index in [1.54, 1.807) is 13.1 Å². The first-order valence-corrected chi connectivity index (χ1v) is 13.0. The van der Waals surface area contributed by atoms with Crippen molar-refractivity contribution < 1.29 is 61.4 Å². The molecule has 0 aromatic carbocycles. The number of aliphatic hydroxyl groups excluding tert-OH is 2. The number of rotatable bonds is 8. The number of ether oxygens (including phenoxy) is 1. The molecular weight excluding hydrogens is 503 g/mol. The molecule has 0 saturated carbocycles. The molecule has 0 radical (unpaired) electrons. The molecule has 0 spiro atoms. The van der Waals surface area contributed by atoms with E-state index in [-0.39, 0.29) is 5.65 Å². The lowest BCUT2D eigenvalue weighted by Gasteiger charge is -2.19. The van der Waals surface area contributed by atoms with Gasteiger partial charge < -0.3 is 39.5 Å². The van der Waals surface area contributed by atoms with E-state index in [2.05, 4.69) is 23.1 Å². The van der Waals surface area contributed by atoms with E-state index >= 15 is 0 Å². The van der Waals surface area contributed by atoms with Crippen molar-refractivity contribution >= 4 is 34.5 Å². The summed E-state index contributed by atoms with van der Waals surface area (Å²) in [5.74, 6) is 0. The normalized spacial score (nSPS) is 28.0. The van der Waals surface area contributed by atoms with Crippen molar-refractivity contribution in [1.29, 1.82) is 0 Å². The third kappa shape index (κ3) is 5.79. The predicted molar refractivity (Wildman–Crippen MR) is 101 cm³/mol. The summed E-state index contributed by atoms with van der Waals surface area (Å²) in [7, 11) is -16.8. The summed E-state index contributed by atoms with van der Waals surface area (Å²) in [6.45, 7) is 0.716. The van der Waals surface area contributed by atoms with Gasteiger partial charge in [0.2, 0.25) is 0 Å². The second-order valence-electron chi connectivity index (χ2n) is 6.60. The molecule has 3 rings (SSSR count). The quantitative estimate of drug-likeness (QED) is 0.205. The Hall–Kier alpha value is -1.29. The summed E-state index contributed by atoms with van der Waals surface area (Å²) in [6, 6.07) is 0. The van der Waals surface area contributed by atoms with Crippen molar-refractivity contribution in [1.82, 2.24) is 14.5 Å². The SMILES string of the molecule is Cc1c[nH]c2nc(=O)n([C@@H]3O[C@H](COP(=O)(O)OP(=O)(O)OP(=O)(O)O)C(O)[C@@H]3O)cc12. The van der Waals surface area contributed by atoms with Gasteiger partial charge in [-0.1, -0.05) is 0 Å². The molecule has 3 unspecified atom stereocenters. The van der Waals surface area contributed by atoms with Crippen molar-refractivity contribution in [3.8, 4) is 0 Å². The molecule has 2 aromatic heterocycles. The highest BCUT2D eigenvalue weighted by Gasteiger charge is 2.46. The molecule has 0 bridgehead atoms. The van der Waals surface area contributed by atoms with Crippen LogP contribution >= 0.6 is 23.5 Å². The average Bonchev–Trinajstić information content (AvgIpc) is 3.10. The first-order valence-electron chi connectivity index (χ1n) is 8.45. The van der Waals surface area contributed by atoms with E-state index in [1.165, 1.54) is 6.20 Å². The van der Waals surface area contributed by atoms with Crippen LogP contribution in [0, 0.1) is 6.92 Å². The number of aliphatic hydroxyl groups is 2. The Labute approximate surface area is 177 Å². The highest BCUT2D eigenvalue weighted by Crippen LogP contribution is 2.66. The van der Waals surface area contributed by atoms with Gasteiger partial charge in [-0.05, 0) is 12.5 Å². The van der Waals surface area contributed by atoms with Crippen molar-refractivity contribution in [3.63, 3.8) is 0 Å². The van der Waals surface area contributed by atoms with Gasteiger partial charge in [0.1, 0.15) is 24.0 Å². The Morgan fingerprint density at radius 2 is 1.78 bits per heavy atom. The zero-order chi connectivity index (χ0) is 24.1. The fourth-order valence-corrected chi connectivity index (χ4v) is 5.90. The molecule has 1 saturated heterocycles. The van der Waals surface area contributed by atoms with Gasteiger partial charge in [-0.15, -0.1) is 0 Å². The molecule has 3 heterocycles. The van der Waals surface area contributed by atoms with Gasteiger partial charge in [0.15, 0.2) is 6.23 Å². The molecule has 17 nitrogen and oxygen atoms in total. The number of hydrogen-bond donors (Lipinski definition) is 7. The van der Waals surface area contributed by atoms with Crippen LogP contribution in [0.5, 0.6) is 0 Å². The first-order chi connectivity index (χ1) is 14.6. The number of phosphoric acid groups is 3. The van der Waals surface area contributed by atoms with Crippen molar-refractivity contribution in [2.24, 2.45) is 0 Å². The lowest BCUT2D eigenvalue weighted by Crippen LogP contribution is -2.36. The summed E-state index contributed by atoms with van der Waals surface area (Å²) in [5.41, 5.74) is 0.156. The Balaban J connectivity index is 1.72. The Bertz CT molecular complexity index is 1200. The van der Waals surface area contributed by atoms with Crippen molar-refractivity contribution in [2.75, 3.05) is 6.61 Å². The second kappa shape index (κ2) is 8.81. The number of nitrogens with zero attached hydrogens (tertiary/aromatic N) is 2. The topological polar surface area (TPSA) is 260 Å². The Morgan fingerprint density at radius 1 is 1.12 bits per heavy atom. The maximum Gasteiger partial charge on any atom is 0.490 e. The number of H-pyrrole nitrogens is 1. The van der Waals surface area contributed by atoms with Crippen molar-refractivity contribution in [3.05, 3.63) is 28.4 Å². The Morgan fingerprint density at radius 3 is 2.41 bits per heavy atom. The smallest absolute Gasteiger partial charge is 0.387 e. The van der Waals surface area contributed by atoms with E-state index in [0.717, 1.165) is 10.1 Å². The summed E-state index contributed by atoms with van der Waals surface area (Å²) in [5, 5.41) is 20.9. The molecule has 0 aliphatic carbocycles. The van der Waals surface area contributed by atoms with E-state index in [1.807, 2.05) is 0 Å². The molecule has 0 amide bonds. The molecule has 20 heteroatoms. The van der Waals surface area contributed by atoms with Crippen LogP contribution in [0.4, 0.5) is 0 Å². The molecular formula is C12H18N3O14P3. The van der Waals surface area contributed by atoms with E-state index in [0.29, 0.717) is 5.39 Å². The molecule has 180 valence electrons. The monoisotopic (exact) mass is 521 g/mol. The van der Waals surface area contributed by atoms with Crippen LogP contribution in [0.1, 0.15) is 11.8 Å². The highest BCUT2D eigenvalue weighted by molar-refractivity contribution is 7.66. The van der Waals surface area contributed by atoms with E-state index in [9.17, 15) is 33.6 Å². The molecule has 1 fully saturated rings. The molecule has 32 heavy (non-hydrogen) atoms. The summed E-state index contributed by atoms with van der Waals surface area (Å²) in [6.07, 6.45) is -3.55. The summed E-state index contributed by atoms with van der Waals surface area (Å²) >= 11 is 0. The molecule has 2 aromatic rings. The van der Waals surface area contributed by atoms with Crippen LogP contribution in [0.3, 0.4) is 0 Å². The molecule has 7 N–H and O–H groups in total. The number of fused-ring (bicyclic) bond motifs is 1. The van der Waals surface area contributed by atoms with Gasteiger partial charge in [0.05, 0.1) is 6.61 Å². The summed E-state index contributed by atoms with van der Waals surface area (Å²) in [4.78, 5) is 54.4. The fraction of sp³-hybridized carbons (Fsp3) is 0.500. The first kappa shape index (κ1) is 25.3. The van der Waals surface area contributed by atoms with Gasteiger partial charge in [-0.3, -0.25) is 9.09 Å². The Kier molecular flexibility index (Phi) is 6.98. The predicted octanol–water partition coefficient (Wildman–Crippen LogP) is -1.00. The fourth-order valence-electron chi connectivity index (χ4n) is 2.87. The number of aromatic amines is 1. The summed E-state index contributed by atoms with van der Waals surface area (Å²) < 4.78 is 51.5. The maximum atomic E-state index is 12.3. The van der Waals surface area contributed by atoms with Crippen LogP contribution in [-0.4, -0.2) is 69.2 Å². The zero-order valence-corrected chi connectivity index (χ0v) is 18.5. The molecule has 1 aliphatic rings. The van der Waals surface area contributed by atoms with Gasteiger partial charge in [-0.25, -0.2) is 18.5 Å². The van der Waals surface area contributed by atoms with E-state index in [4.69, 9.17) is 19.4 Å². The maximum absolute atomic E-state index is 12.3. The van der Waals surface area contributed by atoms with E-state index < -0.39 is 60.3 Å². The third-order valence-corrected chi connectivity index (χ3v) is 8.03. The molecule has 6 atom stereocenters. The molecule has 1 aliphatic heterocycles. The minimum absolute atomic E-state index is 0.279. The minimum Gasteiger partial charge on any atom is -0.387 e. The van der Waals surface area contributed by atoms with Crippen molar-refractivity contribution in [2.45, 2.75) is 31.5 Å². The van der Waals surface area contributed by atoms with Gasteiger partial charge in [0.25, 0.3) is 0 Å². The van der Waals surface area contributed by atoms with Gasteiger partial charge in [0, 0.05) is 17.8 Å². The van der Waals surface area contributed by atoms with Crippen LogP contribution in [0.2, 0.25) is 0 Å². The number of hydrogen-bond acceptors (Lipinski definition) is 11. The van der Waals surface area contributed by atoms with Gasteiger partial charge in [-0.2, -0.15) is 13.6 Å². The number of nitrogens with one attached hydrogen (secondary N) is 1. The largest absolute Gasteiger partial charge is 0.490 e. The number of aromatic nitrogens is 3. The van der Waals surface area contributed by atoms with Gasteiger partial charge >= 0.3 is 29.2 Å². The average molecular weight is 521 g/mol. The zero-order valence-electron chi connectivity index (χ0n) is 15.9. The lowest BCUT2D eigenvalue weighted by atomic mass is 10.1. The number of aryl methyl sites for hydroxylation is 1. The second-order valence-corrected chi connectivity index (χ2v) is 11.0. The lowest BCUT2D eigenvalue weighted by molar-refractivity contribution is -0.0539. The standard InChI is InChI=1S/C12H18N3O14P3/c1-5-2-13-10-6(5)3-15(12(18)14-10)11-9(17)8(16)7(27-11)4-26-31(22,23)29-32(24,25)28-30(19,20)21/h2-3,7-9,11,16-17H,4H2,1H3,(H,22,23)(H,24,25)(H,13,14,18)(H2,19,20,21)/t7-,8?,9+,11-/m1/s1. The van der Waals surface area contributed by atoms with Crippen LogP contribution in [0.15, 0.2) is 17.2 Å². The third-order valence-electron chi connectivity index (χ3n) is 4.23. The minimum atomic E-state index is -5.72. The highest BCUT2D eigenvalue weighted by atomic mass is 31.3. The van der Waals surface area contributed by atoms with Crippen LogP contribution < -0.4 is 5.69 Å². The van der Waals surface area contributed by atoms with Crippen LogP contribution in [0.25, 0.3) is 11.0 Å². The number of phosphoric ester groups is 1.